The first-order chi connectivity index (χ1) is 9.10. The molecule has 3 heteroatoms. The molecule has 1 heterocycles. The summed E-state index contributed by atoms with van der Waals surface area (Å²) in [6.45, 7) is 4.38. The molecule has 0 aliphatic heterocycles. The first kappa shape index (κ1) is 12.7. The van der Waals surface area contributed by atoms with E-state index in [-0.39, 0.29) is 5.54 Å². The van der Waals surface area contributed by atoms with Crippen molar-refractivity contribution in [3.8, 4) is 0 Å². The van der Waals surface area contributed by atoms with Gasteiger partial charge in [0.05, 0.1) is 16.6 Å². The van der Waals surface area contributed by atoms with Crippen LogP contribution in [0.1, 0.15) is 50.4 Å². The third-order valence-electron chi connectivity index (χ3n) is 4.68. The summed E-state index contributed by atoms with van der Waals surface area (Å²) in [6.07, 6.45) is 5.82. The number of nitrogens with two attached hydrogens (primary N) is 1. The van der Waals surface area contributed by atoms with E-state index in [1.54, 1.807) is 0 Å². The SMILES string of the molecule is CCC1CCC(N)(c2nc3ccc(C)cc3[nH]2)CC1. The maximum Gasteiger partial charge on any atom is 0.127 e. The van der Waals surface area contributed by atoms with Crippen molar-refractivity contribution in [2.75, 3.05) is 0 Å². The zero-order valence-corrected chi connectivity index (χ0v) is 11.9. The van der Waals surface area contributed by atoms with Crippen LogP contribution in [0.3, 0.4) is 0 Å². The molecule has 0 radical (unpaired) electrons. The first-order valence-electron chi connectivity index (χ1n) is 7.36. The third kappa shape index (κ3) is 2.27. The predicted molar refractivity (Wildman–Crippen MR) is 78.9 cm³/mol. The van der Waals surface area contributed by atoms with Crippen LogP contribution in [0.5, 0.6) is 0 Å². The molecule has 1 fully saturated rings. The van der Waals surface area contributed by atoms with Gasteiger partial charge in [-0.2, -0.15) is 0 Å². The quantitative estimate of drug-likeness (QED) is 0.863. The lowest BCUT2D eigenvalue weighted by atomic mass is 9.76. The Morgan fingerprint density at radius 2 is 2.11 bits per heavy atom. The summed E-state index contributed by atoms with van der Waals surface area (Å²) in [6, 6.07) is 6.32. The Balaban J connectivity index is 1.91. The minimum absolute atomic E-state index is 0.251. The van der Waals surface area contributed by atoms with Gasteiger partial charge in [-0.05, 0) is 56.2 Å². The Labute approximate surface area is 114 Å². The molecule has 1 saturated carbocycles. The van der Waals surface area contributed by atoms with Gasteiger partial charge in [-0.25, -0.2) is 4.98 Å². The lowest BCUT2D eigenvalue weighted by molar-refractivity contribution is 0.223. The molecule has 3 nitrogen and oxygen atoms in total. The van der Waals surface area contributed by atoms with E-state index < -0.39 is 0 Å². The molecule has 0 saturated heterocycles. The Bertz CT molecular complexity index is 577. The lowest BCUT2D eigenvalue weighted by Crippen LogP contribution is -2.41. The zero-order valence-electron chi connectivity index (χ0n) is 11.9. The molecule has 0 amide bonds. The average Bonchev–Trinajstić information content (AvgIpc) is 2.83. The Morgan fingerprint density at radius 1 is 1.37 bits per heavy atom. The van der Waals surface area contributed by atoms with Gasteiger partial charge in [-0.3, -0.25) is 0 Å². The van der Waals surface area contributed by atoms with Gasteiger partial charge in [0.15, 0.2) is 0 Å². The normalized spacial score (nSPS) is 27.8. The number of hydrogen-bond donors (Lipinski definition) is 2. The summed E-state index contributed by atoms with van der Waals surface area (Å²) in [5.74, 6) is 1.82. The van der Waals surface area contributed by atoms with Gasteiger partial charge < -0.3 is 10.7 Å². The predicted octanol–water partition coefficient (Wildman–Crippen LogP) is 3.63. The molecule has 19 heavy (non-hydrogen) atoms. The van der Waals surface area contributed by atoms with Crippen LogP contribution in [0.15, 0.2) is 18.2 Å². The van der Waals surface area contributed by atoms with Crippen molar-refractivity contribution in [2.24, 2.45) is 11.7 Å². The fourth-order valence-corrected chi connectivity index (χ4v) is 3.20. The van der Waals surface area contributed by atoms with E-state index in [1.165, 1.54) is 24.8 Å². The highest BCUT2D eigenvalue weighted by atomic mass is 15.0. The van der Waals surface area contributed by atoms with Gasteiger partial charge in [-0.15, -0.1) is 0 Å². The van der Waals surface area contributed by atoms with Crippen molar-refractivity contribution in [1.82, 2.24) is 9.97 Å². The molecule has 1 aromatic carbocycles. The van der Waals surface area contributed by atoms with Gasteiger partial charge in [-0.1, -0.05) is 19.4 Å². The second kappa shape index (κ2) is 4.64. The van der Waals surface area contributed by atoms with Crippen LogP contribution >= 0.6 is 0 Å². The lowest BCUT2D eigenvalue weighted by Gasteiger charge is -2.35. The van der Waals surface area contributed by atoms with Crippen LogP contribution in [0.2, 0.25) is 0 Å². The van der Waals surface area contributed by atoms with Crippen molar-refractivity contribution in [3.63, 3.8) is 0 Å². The molecule has 1 aliphatic carbocycles. The Kier molecular flexibility index (Phi) is 3.09. The number of nitrogens with zero attached hydrogens (tertiary/aromatic N) is 1. The van der Waals surface area contributed by atoms with Crippen molar-refractivity contribution < 1.29 is 0 Å². The monoisotopic (exact) mass is 257 g/mol. The molecule has 0 spiro atoms. The summed E-state index contributed by atoms with van der Waals surface area (Å²) >= 11 is 0. The minimum Gasteiger partial charge on any atom is -0.340 e. The van der Waals surface area contributed by atoms with E-state index in [4.69, 9.17) is 10.7 Å². The van der Waals surface area contributed by atoms with Crippen LogP contribution in [0.25, 0.3) is 11.0 Å². The number of hydrogen-bond acceptors (Lipinski definition) is 2. The molecule has 0 atom stereocenters. The fraction of sp³-hybridized carbons (Fsp3) is 0.562. The topological polar surface area (TPSA) is 54.7 Å². The number of nitrogens with one attached hydrogen (secondary N) is 1. The summed E-state index contributed by atoms with van der Waals surface area (Å²) in [7, 11) is 0. The highest BCUT2D eigenvalue weighted by molar-refractivity contribution is 5.76. The van der Waals surface area contributed by atoms with Gasteiger partial charge in [0.2, 0.25) is 0 Å². The molecule has 1 aliphatic rings. The van der Waals surface area contributed by atoms with Crippen LogP contribution < -0.4 is 5.73 Å². The number of fused-ring (bicyclic) bond motifs is 1. The fourth-order valence-electron chi connectivity index (χ4n) is 3.20. The van der Waals surface area contributed by atoms with Crippen LogP contribution in [-0.4, -0.2) is 9.97 Å². The second-order valence-electron chi connectivity index (χ2n) is 6.11. The Morgan fingerprint density at radius 3 is 2.79 bits per heavy atom. The van der Waals surface area contributed by atoms with Crippen LogP contribution in [0, 0.1) is 12.8 Å². The van der Waals surface area contributed by atoms with Crippen molar-refractivity contribution >= 4 is 11.0 Å². The van der Waals surface area contributed by atoms with E-state index >= 15 is 0 Å². The van der Waals surface area contributed by atoms with E-state index in [0.717, 1.165) is 35.6 Å². The van der Waals surface area contributed by atoms with Gasteiger partial charge in [0, 0.05) is 0 Å². The molecule has 102 valence electrons. The first-order valence-corrected chi connectivity index (χ1v) is 7.36. The molecule has 0 bridgehead atoms. The number of benzene rings is 1. The standard InChI is InChI=1S/C16H23N3/c1-3-12-6-8-16(17,9-7-12)15-18-13-5-4-11(2)10-14(13)19-15/h4-5,10,12H,3,6-9,17H2,1-2H3,(H,18,19). The largest absolute Gasteiger partial charge is 0.340 e. The van der Waals surface area contributed by atoms with Gasteiger partial charge >= 0.3 is 0 Å². The maximum absolute atomic E-state index is 6.61. The van der Waals surface area contributed by atoms with Crippen molar-refractivity contribution in [3.05, 3.63) is 29.6 Å². The van der Waals surface area contributed by atoms with Crippen molar-refractivity contribution in [2.45, 2.75) is 51.5 Å². The van der Waals surface area contributed by atoms with E-state index in [1.807, 2.05) is 0 Å². The summed E-state index contributed by atoms with van der Waals surface area (Å²) in [5.41, 5.74) is 9.75. The molecular formula is C16H23N3. The molecule has 0 unspecified atom stereocenters. The molecule has 1 aromatic heterocycles. The smallest absolute Gasteiger partial charge is 0.127 e. The highest BCUT2D eigenvalue weighted by Gasteiger charge is 2.35. The van der Waals surface area contributed by atoms with Gasteiger partial charge in [0.1, 0.15) is 5.82 Å². The summed E-state index contributed by atoms with van der Waals surface area (Å²) < 4.78 is 0. The number of aryl methyl sites for hydroxylation is 1. The maximum atomic E-state index is 6.61. The molecule has 3 N–H and O–H groups in total. The van der Waals surface area contributed by atoms with E-state index in [9.17, 15) is 0 Å². The Hall–Kier alpha value is -1.35. The minimum atomic E-state index is -0.251. The summed E-state index contributed by atoms with van der Waals surface area (Å²) in [5, 5.41) is 0. The number of aromatic nitrogens is 2. The molecule has 3 rings (SSSR count). The van der Waals surface area contributed by atoms with Crippen LogP contribution in [-0.2, 0) is 5.54 Å². The zero-order chi connectivity index (χ0) is 13.5. The average molecular weight is 257 g/mol. The number of imidazole rings is 1. The third-order valence-corrected chi connectivity index (χ3v) is 4.68. The van der Waals surface area contributed by atoms with Crippen LogP contribution in [0.4, 0.5) is 0 Å². The number of H-pyrrole nitrogens is 1. The number of aromatic amines is 1. The van der Waals surface area contributed by atoms with E-state index in [0.29, 0.717) is 0 Å². The highest BCUT2D eigenvalue weighted by Crippen LogP contribution is 2.38. The number of rotatable bonds is 2. The van der Waals surface area contributed by atoms with E-state index in [2.05, 4.69) is 37.0 Å². The van der Waals surface area contributed by atoms with Gasteiger partial charge in [0.25, 0.3) is 0 Å². The van der Waals surface area contributed by atoms with Crippen molar-refractivity contribution in [1.29, 1.82) is 0 Å². The second-order valence-corrected chi connectivity index (χ2v) is 6.11. The summed E-state index contributed by atoms with van der Waals surface area (Å²) in [4.78, 5) is 8.16. The molecule has 2 aromatic rings. The molecular weight excluding hydrogens is 234 g/mol.